The Morgan fingerprint density at radius 1 is 1.69 bits per heavy atom. The van der Waals surface area contributed by atoms with Crippen LogP contribution in [0.15, 0.2) is 0 Å². The lowest BCUT2D eigenvalue weighted by atomic mass is 9.87. The van der Waals surface area contributed by atoms with E-state index in [4.69, 9.17) is 0 Å². The molecule has 0 aromatic heterocycles. The van der Waals surface area contributed by atoms with Crippen molar-refractivity contribution in [2.75, 3.05) is 12.9 Å². The number of hydrogen-bond donors (Lipinski definition) is 0. The van der Waals surface area contributed by atoms with Crippen LogP contribution < -0.4 is 0 Å². The topological polar surface area (TPSA) is 66.4 Å². The molecule has 1 aliphatic carbocycles. The van der Waals surface area contributed by atoms with Crippen LogP contribution in [0.4, 0.5) is 0 Å². The Morgan fingerprint density at radius 3 is 2.54 bits per heavy atom. The summed E-state index contributed by atoms with van der Waals surface area (Å²) < 4.78 is 25.7. The Labute approximate surface area is 79.9 Å². The lowest BCUT2D eigenvalue weighted by Crippen LogP contribution is -2.36. The molecule has 0 aliphatic heterocycles. The van der Waals surface area contributed by atoms with E-state index >= 15 is 0 Å². The van der Waals surface area contributed by atoms with Gasteiger partial charge >= 0.3 is 5.97 Å². The molecule has 5 heteroatoms. The maximum absolute atomic E-state index is 11.4. The molecule has 4 nitrogen and oxygen atoms in total. The van der Waals surface area contributed by atoms with Gasteiger partial charge in [-0.25, -0.2) is 0 Å². The first-order chi connectivity index (χ1) is 6.00. The average Bonchev–Trinajstić information content (AvgIpc) is 2.83. The summed E-state index contributed by atoms with van der Waals surface area (Å²) in [5.41, 5.74) is -0.832. The van der Waals surface area contributed by atoms with Gasteiger partial charge in [-0.1, -0.05) is 11.1 Å². The standard InChI is InChI=1S/C8H14O4S/c1-8(5-13(10)11,6-3-4-6)7(9)12-2/h6H,3-5H2,1-2H3,(H,10,11)/p-1. The molecular formula is C8H13O4S-. The quantitative estimate of drug-likeness (QED) is 0.494. The molecule has 0 aromatic rings. The van der Waals surface area contributed by atoms with Gasteiger partial charge in [0.05, 0.1) is 12.5 Å². The van der Waals surface area contributed by atoms with Crippen LogP contribution in [0.5, 0.6) is 0 Å². The third-order valence-corrected chi connectivity index (χ3v) is 3.38. The summed E-state index contributed by atoms with van der Waals surface area (Å²) in [6, 6.07) is 0. The van der Waals surface area contributed by atoms with E-state index in [1.807, 2.05) is 0 Å². The fourth-order valence-corrected chi connectivity index (χ4v) is 2.39. The number of hydrogen-bond acceptors (Lipinski definition) is 4. The van der Waals surface area contributed by atoms with Crippen molar-refractivity contribution in [3.63, 3.8) is 0 Å². The summed E-state index contributed by atoms with van der Waals surface area (Å²) in [5.74, 6) is -0.373. The Morgan fingerprint density at radius 2 is 2.23 bits per heavy atom. The highest BCUT2D eigenvalue weighted by molar-refractivity contribution is 7.79. The lowest BCUT2D eigenvalue weighted by molar-refractivity contribution is -0.151. The summed E-state index contributed by atoms with van der Waals surface area (Å²) in [6.07, 6.45) is 1.84. The van der Waals surface area contributed by atoms with Crippen LogP contribution in [0.25, 0.3) is 0 Å². The summed E-state index contributed by atoms with van der Waals surface area (Å²) in [4.78, 5) is 11.4. The second-order valence-corrected chi connectivity index (χ2v) is 4.53. The first kappa shape index (κ1) is 10.7. The number of carbonyl (C=O) groups excluding carboxylic acids is 1. The maximum Gasteiger partial charge on any atom is 0.312 e. The number of rotatable bonds is 4. The number of methoxy groups -OCH3 is 1. The van der Waals surface area contributed by atoms with Crippen molar-refractivity contribution in [1.82, 2.24) is 0 Å². The SMILES string of the molecule is COC(=O)C(C)(CS(=O)[O-])C1CC1. The molecule has 1 saturated carbocycles. The molecule has 0 N–H and O–H groups in total. The summed E-state index contributed by atoms with van der Waals surface area (Å²) >= 11 is -2.19. The molecule has 1 rings (SSSR count). The summed E-state index contributed by atoms with van der Waals surface area (Å²) in [7, 11) is 1.29. The van der Waals surface area contributed by atoms with Gasteiger partial charge in [-0.3, -0.25) is 9.00 Å². The molecule has 0 aromatic carbocycles. The van der Waals surface area contributed by atoms with E-state index in [1.165, 1.54) is 7.11 Å². The molecule has 0 saturated heterocycles. The van der Waals surface area contributed by atoms with Crippen LogP contribution in [0, 0.1) is 11.3 Å². The predicted octanol–water partition coefficient (Wildman–Crippen LogP) is 0.455. The van der Waals surface area contributed by atoms with Crippen LogP contribution in [-0.2, 0) is 20.6 Å². The van der Waals surface area contributed by atoms with Crippen LogP contribution in [0.2, 0.25) is 0 Å². The molecule has 2 unspecified atom stereocenters. The summed E-state index contributed by atoms with van der Waals surface area (Å²) in [6.45, 7) is 1.66. The van der Waals surface area contributed by atoms with Crippen molar-refractivity contribution in [3.8, 4) is 0 Å². The zero-order valence-electron chi connectivity index (χ0n) is 7.74. The fourth-order valence-electron chi connectivity index (χ4n) is 1.54. The molecular weight excluding hydrogens is 192 g/mol. The largest absolute Gasteiger partial charge is 0.772 e. The number of ether oxygens (including phenoxy) is 1. The van der Waals surface area contributed by atoms with Crippen LogP contribution in [0.1, 0.15) is 19.8 Å². The normalized spacial score (nSPS) is 23.3. The fraction of sp³-hybridized carbons (Fsp3) is 0.875. The van der Waals surface area contributed by atoms with Gasteiger partial charge < -0.3 is 9.29 Å². The van der Waals surface area contributed by atoms with E-state index in [0.29, 0.717) is 0 Å². The van der Waals surface area contributed by atoms with Gasteiger partial charge in [-0.15, -0.1) is 0 Å². The van der Waals surface area contributed by atoms with Crippen molar-refractivity contribution >= 4 is 17.0 Å². The third kappa shape index (κ3) is 2.28. The molecule has 1 aliphatic rings. The molecule has 0 spiro atoms. The zero-order chi connectivity index (χ0) is 10.1. The van der Waals surface area contributed by atoms with E-state index in [1.54, 1.807) is 6.92 Å². The highest BCUT2D eigenvalue weighted by atomic mass is 32.2. The zero-order valence-corrected chi connectivity index (χ0v) is 8.56. The number of esters is 1. The molecule has 1 fully saturated rings. The minimum Gasteiger partial charge on any atom is -0.772 e. The van der Waals surface area contributed by atoms with E-state index in [9.17, 15) is 13.6 Å². The predicted molar refractivity (Wildman–Crippen MR) is 46.6 cm³/mol. The van der Waals surface area contributed by atoms with Gasteiger partial charge in [0, 0.05) is 5.75 Å². The van der Waals surface area contributed by atoms with Gasteiger partial charge in [0.25, 0.3) is 0 Å². The molecule has 0 heterocycles. The van der Waals surface area contributed by atoms with E-state index in [-0.39, 0.29) is 11.7 Å². The summed E-state index contributed by atoms with van der Waals surface area (Å²) in [5, 5.41) is 0. The number of carbonyl (C=O) groups is 1. The van der Waals surface area contributed by atoms with Gasteiger partial charge in [0.1, 0.15) is 0 Å². The van der Waals surface area contributed by atoms with Gasteiger partial charge in [0.2, 0.25) is 0 Å². The first-order valence-corrected chi connectivity index (χ1v) is 5.39. The highest BCUT2D eigenvalue weighted by Crippen LogP contribution is 2.46. The van der Waals surface area contributed by atoms with Crippen LogP contribution >= 0.6 is 0 Å². The van der Waals surface area contributed by atoms with E-state index in [0.717, 1.165) is 12.8 Å². The Kier molecular flexibility index (Phi) is 3.08. The van der Waals surface area contributed by atoms with Crippen molar-refractivity contribution in [2.24, 2.45) is 11.3 Å². The van der Waals surface area contributed by atoms with Crippen molar-refractivity contribution < 1.29 is 18.3 Å². The second-order valence-electron chi connectivity index (χ2n) is 3.63. The molecule has 13 heavy (non-hydrogen) atoms. The van der Waals surface area contributed by atoms with Crippen molar-refractivity contribution in [3.05, 3.63) is 0 Å². The minimum atomic E-state index is -2.19. The van der Waals surface area contributed by atoms with Crippen LogP contribution in [-0.4, -0.2) is 27.6 Å². The van der Waals surface area contributed by atoms with Crippen molar-refractivity contribution in [1.29, 1.82) is 0 Å². The Bertz CT molecular complexity index is 236. The van der Waals surface area contributed by atoms with E-state index < -0.39 is 22.5 Å². The van der Waals surface area contributed by atoms with Gasteiger partial charge in [0.15, 0.2) is 0 Å². The highest BCUT2D eigenvalue weighted by Gasteiger charge is 2.48. The van der Waals surface area contributed by atoms with Gasteiger partial charge in [-0.2, -0.15) is 0 Å². The molecule has 2 atom stereocenters. The van der Waals surface area contributed by atoms with Gasteiger partial charge in [-0.05, 0) is 25.7 Å². The monoisotopic (exact) mass is 205 g/mol. The first-order valence-electron chi connectivity index (χ1n) is 4.15. The minimum absolute atomic E-state index is 0.135. The molecule has 0 radical (unpaired) electrons. The Balaban J connectivity index is 2.73. The lowest BCUT2D eigenvalue weighted by Gasteiger charge is -2.27. The van der Waals surface area contributed by atoms with E-state index in [2.05, 4.69) is 4.74 Å². The average molecular weight is 205 g/mol. The smallest absolute Gasteiger partial charge is 0.312 e. The van der Waals surface area contributed by atoms with Crippen LogP contribution in [0.3, 0.4) is 0 Å². The third-order valence-electron chi connectivity index (χ3n) is 2.55. The Hall–Kier alpha value is -0.420. The molecule has 76 valence electrons. The molecule has 0 amide bonds. The maximum atomic E-state index is 11.4. The van der Waals surface area contributed by atoms with Crippen molar-refractivity contribution in [2.45, 2.75) is 19.8 Å². The molecule has 0 bridgehead atoms. The second kappa shape index (κ2) is 3.75.